The Morgan fingerprint density at radius 3 is 2.20 bits per heavy atom. The minimum Gasteiger partial charge on any atom is -0.506 e. The lowest BCUT2D eigenvalue weighted by molar-refractivity contribution is 0.469. The summed E-state index contributed by atoms with van der Waals surface area (Å²) in [5.74, 6) is 0.128. The Hall–Kier alpha value is -2.48. The van der Waals surface area contributed by atoms with Gasteiger partial charge in [-0.2, -0.15) is 0 Å². The molecule has 2 N–H and O–H groups in total. The molecule has 0 saturated carbocycles. The van der Waals surface area contributed by atoms with Crippen molar-refractivity contribution >= 4 is 54.2 Å². The number of benzene rings is 4. The highest BCUT2D eigenvalue weighted by Gasteiger charge is 2.19. The van der Waals surface area contributed by atoms with Gasteiger partial charge in [0.1, 0.15) is 5.75 Å². The quantitative estimate of drug-likeness (QED) is 0.304. The molecule has 0 aliphatic heterocycles. The van der Waals surface area contributed by atoms with Gasteiger partial charge in [0.2, 0.25) is 0 Å². The molecule has 0 aromatic heterocycles. The van der Waals surface area contributed by atoms with Gasteiger partial charge >= 0.3 is 0 Å². The maximum Gasteiger partial charge on any atom is 0.261 e. The van der Waals surface area contributed by atoms with E-state index in [2.05, 4.69) is 20.7 Å². The second-order valence-corrected chi connectivity index (χ2v) is 10.5. The van der Waals surface area contributed by atoms with Gasteiger partial charge in [-0.1, -0.05) is 69.7 Å². The second-order valence-electron chi connectivity index (χ2n) is 6.79. The van der Waals surface area contributed by atoms with E-state index in [1.54, 1.807) is 30.3 Å². The molecule has 0 radical (unpaired) electrons. The maximum absolute atomic E-state index is 13.0. The van der Waals surface area contributed by atoms with Crippen LogP contribution in [-0.4, -0.2) is 13.5 Å². The number of phenolic OH excluding ortho intramolecular Hbond substituents is 1. The van der Waals surface area contributed by atoms with Gasteiger partial charge in [-0.25, -0.2) is 8.42 Å². The van der Waals surface area contributed by atoms with Crippen LogP contribution in [0.2, 0.25) is 0 Å². The monoisotopic (exact) mass is 499 g/mol. The second kappa shape index (κ2) is 8.34. The van der Waals surface area contributed by atoms with Crippen LogP contribution in [0.5, 0.6) is 5.75 Å². The first-order valence-corrected chi connectivity index (χ1v) is 12.2. The normalized spacial score (nSPS) is 11.5. The molecule has 4 aromatic carbocycles. The van der Waals surface area contributed by atoms with Crippen LogP contribution in [-0.2, 0) is 10.0 Å². The molecular weight excluding hydrogens is 482 g/mol. The average Bonchev–Trinajstić information content (AvgIpc) is 2.73. The Kier molecular flexibility index (Phi) is 5.77. The Morgan fingerprint density at radius 2 is 1.53 bits per heavy atom. The Bertz CT molecular complexity index is 1320. The standard InChI is InChI=1S/C23H18BrNO3S2/c1-15-6-10-17(11-7-15)29-22-14-21(19-4-2-3-5-20(19)23(22)26)25-30(27,28)18-12-8-16(24)9-13-18/h2-14,25-26H,1H3. The van der Waals surface area contributed by atoms with Crippen LogP contribution < -0.4 is 4.72 Å². The SMILES string of the molecule is Cc1ccc(Sc2cc(NS(=O)(=O)c3ccc(Br)cc3)c3ccccc3c2O)cc1. The van der Waals surface area contributed by atoms with Crippen molar-refractivity contribution in [3.8, 4) is 5.75 Å². The molecule has 0 aliphatic carbocycles. The zero-order valence-corrected chi connectivity index (χ0v) is 19.2. The molecule has 0 saturated heterocycles. The number of nitrogens with one attached hydrogen (secondary N) is 1. The van der Waals surface area contributed by atoms with Crippen molar-refractivity contribution in [2.75, 3.05) is 4.72 Å². The molecule has 0 spiro atoms. The number of fused-ring (bicyclic) bond motifs is 1. The molecule has 30 heavy (non-hydrogen) atoms. The zero-order chi connectivity index (χ0) is 21.3. The van der Waals surface area contributed by atoms with Gasteiger partial charge in [-0.3, -0.25) is 4.72 Å². The lowest BCUT2D eigenvalue weighted by Crippen LogP contribution is -2.13. The lowest BCUT2D eigenvalue weighted by Gasteiger charge is -2.15. The van der Waals surface area contributed by atoms with Crippen molar-refractivity contribution < 1.29 is 13.5 Å². The summed E-state index contributed by atoms with van der Waals surface area (Å²) in [4.78, 5) is 1.69. The third-order valence-electron chi connectivity index (χ3n) is 4.60. The molecular formula is C23H18BrNO3S2. The van der Waals surface area contributed by atoms with E-state index in [1.807, 2.05) is 43.3 Å². The van der Waals surface area contributed by atoms with Crippen molar-refractivity contribution in [1.82, 2.24) is 0 Å². The number of phenols is 1. The van der Waals surface area contributed by atoms with E-state index in [-0.39, 0.29) is 10.6 Å². The third kappa shape index (κ3) is 4.33. The van der Waals surface area contributed by atoms with Gasteiger partial charge in [-0.15, -0.1) is 0 Å². The van der Waals surface area contributed by atoms with Crippen LogP contribution >= 0.6 is 27.7 Å². The summed E-state index contributed by atoms with van der Waals surface area (Å²) >= 11 is 4.70. The Morgan fingerprint density at radius 1 is 0.900 bits per heavy atom. The van der Waals surface area contributed by atoms with E-state index in [1.165, 1.54) is 23.9 Å². The largest absolute Gasteiger partial charge is 0.506 e. The smallest absolute Gasteiger partial charge is 0.261 e. The highest BCUT2D eigenvalue weighted by molar-refractivity contribution is 9.10. The lowest BCUT2D eigenvalue weighted by atomic mass is 10.1. The molecule has 7 heteroatoms. The first kappa shape index (κ1) is 20.8. The van der Waals surface area contributed by atoms with Crippen LogP contribution in [0, 0.1) is 6.92 Å². The number of hydrogen-bond donors (Lipinski definition) is 2. The molecule has 0 atom stereocenters. The number of rotatable bonds is 5. The van der Waals surface area contributed by atoms with Crippen LogP contribution in [0.1, 0.15) is 5.56 Å². The molecule has 4 nitrogen and oxygen atoms in total. The topological polar surface area (TPSA) is 66.4 Å². The molecule has 0 amide bonds. The molecule has 0 heterocycles. The molecule has 0 bridgehead atoms. The fraction of sp³-hybridized carbons (Fsp3) is 0.0435. The number of aryl methyl sites for hydroxylation is 1. The summed E-state index contributed by atoms with van der Waals surface area (Å²) in [6, 6.07) is 23.3. The predicted molar refractivity (Wildman–Crippen MR) is 126 cm³/mol. The van der Waals surface area contributed by atoms with E-state index in [0.717, 1.165) is 14.9 Å². The van der Waals surface area contributed by atoms with Crippen molar-refractivity contribution in [1.29, 1.82) is 0 Å². The van der Waals surface area contributed by atoms with E-state index >= 15 is 0 Å². The molecule has 0 fully saturated rings. The summed E-state index contributed by atoms with van der Waals surface area (Å²) in [6.45, 7) is 2.01. The minimum atomic E-state index is -3.79. The zero-order valence-electron chi connectivity index (χ0n) is 16.0. The van der Waals surface area contributed by atoms with E-state index in [4.69, 9.17) is 0 Å². The number of sulfonamides is 1. The fourth-order valence-corrected chi connectivity index (χ4v) is 5.29. The predicted octanol–water partition coefficient (Wildman–Crippen LogP) is 6.57. The first-order chi connectivity index (χ1) is 14.3. The average molecular weight is 500 g/mol. The Balaban J connectivity index is 1.79. The highest BCUT2D eigenvalue weighted by Crippen LogP contribution is 2.43. The molecule has 0 aliphatic rings. The summed E-state index contributed by atoms with van der Waals surface area (Å²) in [5, 5.41) is 12.0. The van der Waals surface area contributed by atoms with Crippen molar-refractivity contribution in [2.45, 2.75) is 21.6 Å². The summed E-state index contributed by atoms with van der Waals surface area (Å²) in [6.07, 6.45) is 0. The van der Waals surface area contributed by atoms with Gasteiger partial charge in [0.15, 0.2) is 0 Å². The molecule has 4 aromatic rings. The van der Waals surface area contributed by atoms with Crippen molar-refractivity contribution in [3.63, 3.8) is 0 Å². The molecule has 152 valence electrons. The van der Waals surface area contributed by atoms with Crippen LogP contribution in [0.3, 0.4) is 0 Å². The van der Waals surface area contributed by atoms with Gasteiger partial charge in [-0.05, 0) is 49.4 Å². The number of aromatic hydroxyl groups is 1. The van der Waals surface area contributed by atoms with E-state index in [0.29, 0.717) is 21.4 Å². The van der Waals surface area contributed by atoms with E-state index < -0.39 is 10.0 Å². The van der Waals surface area contributed by atoms with Crippen LogP contribution in [0.25, 0.3) is 10.8 Å². The van der Waals surface area contributed by atoms with E-state index in [9.17, 15) is 13.5 Å². The van der Waals surface area contributed by atoms with Crippen molar-refractivity contribution in [3.05, 3.63) is 88.9 Å². The van der Waals surface area contributed by atoms with Crippen LogP contribution in [0.15, 0.2) is 98.0 Å². The first-order valence-electron chi connectivity index (χ1n) is 9.11. The number of halogens is 1. The van der Waals surface area contributed by atoms with Gasteiger partial charge in [0, 0.05) is 20.1 Å². The van der Waals surface area contributed by atoms with Gasteiger partial charge < -0.3 is 5.11 Å². The van der Waals surface area contributed by atoms with Crippen molar-refractivity contribution in [2.24, 2.45) is 0 Å². The van der Waals surface area contributed by atoms with Gasteiger partial charge in [0.05, 0.1) is 15.5 Å². The number of anilines is 1. The maximum atomic E-state index is 13.0. The van der Waals surface area contributed by atoms with Gasteiger partial charge in [0.25, 0.3) is 10.0 Å². The molecule has 4 rings (SSSR count). The Labute approximate surface area is 188 Å². The summed E-state index contributed by atoms with van der Waals surface area (Å²) in [5.41, 5.74) is 1.56. The summed E-state index contributed by atoms with van der Waals surface area (Å²) in [7, 11) is -3.79. The fourth-order valence-electron chi connectivity index (χ4n) is 3.05. The van der Waals surface area contributed by atoms with Crippen LogP contribution in [0.4, 0.5) is 5.69 Å². The highest BCUT2D eigenvalue weighted by atomic mass is 79.9. The summed E-state index contributed by atoms with van der Waals surface area (Å²) < 4.78 is 29.4. The number of hydrogen-bond acceptors (Lipinski definition) is 4. The third-order valence-corrected chi connectivity index (χ3v) is 7.55. The molecule has 0 unspecified atom stereocenters. The minimum absolute atomic E-state index is 0.128.